The normalized spacial score (nSPS) is 14.8. The number of methoxy groups -OCH3 is 1. The number of ether oxygens (including phenoxy) is 2. The molecule has 8 heteroatoms. The fraction of sp³-hybridized carbons (Fsp3) is 0.308. The van der Waals surface area contributed by atoms with Gasteiger partial charge in [0.25, 0.3) is 5.91 Å². The first-order valence-corrected chi connectivity index (χ1v) is 11.3. The van der Waals surface area contributed by atoms with Gasteiger partial charge in [-0.25, -0.2) is 9.97 Å². The molecule has 1 unspecified atom stereocenters. The number of carbonyl (C=O) groups is 2. The van der Waals surface area contributed by atoms with Crippen LogP contribution in [0.4, 0.5) is 11.6 Å². The lowest BCUT2D eigenvalue weighted by Gasteiger charge is -2.31. The third kappa shape index (κ3) is 5.51. The average molecular weight is 461 g/mol. The minimum Gasteiger partial charge on any atom is -0.495 e. The van der Waals surface area contributed by atoms with Crippen molar-refractivity contribution in [2.75, 3.05) is 30.4 Å². The van der Waals surface area contributed by atoms with Crippen molar-refractivity contribution in [2.45, 2.75) is 25.9 Å². The molecule has 1 fully saturated rings. The highest BCUT2D eigenvalue weighted by atomic mass is 16.5. The van der Waals surface area contributed by atoms with E-state index in [9.17, 15) is 9.59 Å². The molecule has 3 aromatic rings. The Kier molecular flexibility index (Phi) is 7.37. The van der Waals surface area contributed by atoms with Crippen molar-refractivity contribution >= 4 is 23.5 Å². The van der Waals surface area contributed by atoms with E-state index in [0.29, 0.717) is 48.9 Å². The van der Waals surface area contributed by atoms with Crippen molar-refractivity contribution in [1.29, 1.82) is 0 Å². The fourth-order valence-corrected chi connectivity index (χ4v) is 4.00. The SMILES string of the molecule is COc1ccc(C)cc1NC(=O)C(OC(=O)C1CCN(c2ncccn2)CC1)c1ccccc1. The van der Waals surface area contributed by atoms with Crippen LogP contribution in [0.5, 0.6) is 5.75 Å². The van der Waals surface area contributed by atoms with E-state index < -0.39 is 12.0 Å². The Bertz CT molecular complexity index is 1120. The lowest BCUT2D eigenvalue weighted by molar-refractivity contribution is -0.159. The molecule has 0 saturated carbocycles. The first kappa shape index (κ1) is 23.2. The topological polar surface area (TPSA) is 93.6 Å². The molecule has 8 nitrogen and oxygen atoms in total. The standard InChI is InChI=1S/C26H28N4O4/c1-18-9-10-22(33-2)21(17-18)29-24(31)23(19-7-4-3-5-8-19)34-25(32)20-11-15-30(16-12-20)26-27-13-6-14-28-26/h3-10,13-14,17,20,23H,11-12,15-16H2,1-2H3,(H,29,31). The zero-order valence-electron chi connectivity index (χ0n) is 19.3. The first-order valence-electron chi connectivity index (χ1n) is 11.3. The Morgan fingerprint density at radius 3 is 2.41 bits per heavy atom. The number of carbonyl (C=O) groups excluding carboxylic acids is 2. The minimum atomic E-state index is -1.07. The van der Waals surface area contributed by atoms with Crippen LogP contribution in [0.2, 0.25) is 0 Å². The number of hydrogen-bond acceptors (Lipinski definition) is 7. The molecule has 2 aromatic carbocycles. The minimum absolute atomic E-state index is 0.299. The maximum atomic E-state index is 13.3. The maximum absolute atomic E-state index is 13.3. The summed E-state index contributed by atoms with van der Waals surface area (Å²) in [6.45, 7) is 3.22. The summed E-state index contributed by atoms with van der Waals surface area (Å²) in [6.07, 6.45) is 3.54. The van der Waals surface area contributed by atoms with Gasteiger partial charge in [-0.2, -0.15) is 0 Å². The molecular formula is C26H28N4O4. The van der Waals surface area contributed by atoms with E-state index >= 15 is 0 Å². The summed E-state index contributed by atoms with van der Waals surface area (Å²) in [5.41, 5.74) is 2.11. The highest BCUT2D eigenvalue weighted by molar-refractivity contribution is 5.97. The van der Waals surface area contributed by atoms with Crippen LogP contribution in [0, 0.1) is 12.8 Å². The van der Waals surface area contributed by atoms with Crippen molar-refractivity contribution in [2.24, 2.45) is 5.92 Å². The summed E-state index contributed by atoms with van der Waals surface area (Å²) >= 11 is 0. The first-order chi connectivity index (χ1) is 16.5. The number of benzene rings is 2. The number of esters is 1. The number of anilines is 2. The van der Waals surface area contributed by atoms with E-state index in [1.54, 1.807) is 43.8 Å². The summed E-state index contributed by atoms with van der Waals surface area (Å²) < 4.78 is 11.2. The van der Waals surface area contributed by atoms with Crippen molar-refractivity contribution in [3.8, 4) is 5.75 Å². The largest absolute Gasteiger partial charge is 0.495 e. The molecular weight excluding hydrogens is 432 g/mol. The van der Waals surface area contributed by atoms with E-state index in [-0.39, 0.29) is 11.9 Å². The molecule has 0 spiro atoms. The van der Waals surface area contributed by atoms with Crippen LogP contribution in [0.1, 0.15) is 30.1 Å². The molecule has 1 saturated heterocycles. The highest BCUT2D eigenvalue weighted by Crippen LogP contribution is 2.29. The molecule has 1 atom stereocenters. The van der Waals surface area contributed by atoms with Gasteiger partial charge in [-0.05, 0) is 43.5 Å². The predicted octanol–water partition coefficient (Wildman–Crippen LogP) is 3.93. The van der Waals surface area contributed by atoms with Crippen molar-refractivity contribution in [1.82, 2.24) is 9.97 Å². The molecule has 34 heavy (non-hydrogen) atoms. The molecule has 4 rings (SSSR count). The van der Waals surface area contributed by atoms with Crippen molar-refractivity contribution in [3.63, 3.8) is 0 Å². The van der Waals surface area contributed by atoms with Gasteiger partial charge in [0.1, 0.15) is 5.75 Å². The van der Waals surface area contributed by atoms with Crippen LogP contribution in [-0.4, -0.2) is 42.0 Å². The monoisotopic (exact) mass is 460 g/mol. The summed E-state index contributed by atoms with van der Waals surface area (Å²) in [4.78, 5) is 37.0. The summed E-state index contributed by atoms with van der Waals surface area (Å²) in [5, 5.41) is 2.87. The zero-order chi connectivity index (χ0) is 23.9. The Morgan fingerprint density at radius 2 is 1.74 bits per heavy atom. The Balaban J connectivity index is 1.46. The second-order valence-electron chi connectivity index (χ2n) is 8.23. The molecule has 1 aliphatic rings. The van der Waals surface area contributed by atoms with Gasteiger partial charge in [-0.3, -0.25) is 9.59 Å². The lowest BCUT2D eigenvalue weighted by Crippen LogP contribution is -2.38. The van der Waals surface area contributed by atoms with Crippen LogP contribution in [0.25, 0.3) is 0 Å². The van der Waals surface area contributed by atoms with E-state index in [2.05, 4.69) is 20.2 Å². The summed E-state index contributed by atoms with van der Waals surface area (Å²) in [6, 6.07) is 16.3. The molecule has 0 bridgehead atoms. The van der Waals surface area contributed by atoms with Gasteiger partial charge in [-0.1, -0.05) is 36.4 Å². The predicted molar refractivity (Wildman–Crippen MR) is 129 cm³/mol. The van der Waals surface area contributed by atoms with Crippen LogP contribution < -0.4 is 15.0 Å². The molecule has 1 aromatic heterocycles. The van der Waals surface area contributed by atoms with Crippen molar-refractivity contribution < 1.29 is 19.1 Å². The molecule has 1 amide bonds. The number of hydrogen-bond donors (Lipinski definition) is 1. The number of nitrogens with one attached hydrogen (secondary N) is 1. The summed E-state index contributed by atoms with van der Waals surface area (Å²) in [5.74, 6) is 0.0791. The maximum Gasteiger partial charge on any atom is 0.310 e. The molecule has 1 aliphatic heterocycles. The highest BCUT2D eigenvalue weighted by Gasteiger charge is 2.32. The Labute approximate surface area is 198 Å². The van der Waals surface area contributed by atoms with Gasteiger partial charge in [0, 0.05) is 31.0 Å². The smallest absolute Gasteiger partial charge is 0.310 e. The van der Waals surface area contributed by atoms with Gasteiger partial charge in [0.05, 0.1) is 18.7 Å². The average Bonchev–Trinajstić information content (AvgIpc) is 2.88. The van der Waals surface area contributed by atoms with Gasteiger partial charge in [0.15, 0.2) is 0 Å². The van der Waals surface area contributed by atoms with Crippen LogP contribution in [0.3, 0.4) is 0 Å². The zero-order valence-corrected chi connectivity index (χ0v) is 19.3. The second-order valence-corrected chi connectivity index (χ2v) is 8.23. The Morgan fingerprint density at radius 1 is 1.03 bits per heavy atom. The van der Waals surface area contributed by atoms with E-state index in [1.807, 2.05) is 37.3 Å². The number of nitrogens with zero attached hydrogens (tertiary/aromatic N) is 3. The number of piperidine rings is 1. The number of amides is 1. The molecule has 0 radical (unpaired) electrons. The number of aromatic nitrogens is 2. The third-order valence-corrected chi connectivity index (χ3v) is 5.85. The van der Waals surface area contributed by atoms with Crippen molar-refractivity contribution in [3.05, 3.63) is 78.1 Å². The second kappa shape index (κ2) is 10.8. The summed E-state index contributed by atoms with van der Waals surface area (Å²) in [7, 11) is 1.54. The van der Waals surface area contributed by atoms with Crippen LogP contribution in [-0.2, 0) is 14.3 Å². The Hall–Kier alpha value is -3.94. The van der Waals surface area contributed by atoms with Gasteiger partial charge in [0.2, 0.25) is 12.1 Å². The molecule has 1 N–H and O–H groups in total. The van der Waals surface area contributed by atoms with Crippen LogP contribution in [0.15, 0.2) is 67.0 Å². The fourth-order valence-electron chi connectivity index (χ4n) is 4.00. The van der Waals surface area contributed by atoms with Gasteiger partial charge >= 0.3 is 5.97 Å². The quantitative estimate of drug-likeness (QED) is 0.534. The van der Waals surface area contributed by atoms with Crippen LogP contribution >= 0.6 is 0 Å². The number of aryl methyl sites for hydroxylation is 1. The molecule has 176 valence electrons. The van der Waals surface area contributed by atoms with E-state index in [0.717, 1.165) is 5.56 Å². The van der Waals surface area contributed by atoms with Gasteiger partial charge in [-0.15, -0.1) is 0 Å². The van der Waals surface area contributed by atoms with E-state index in [1.165, 1.54) is 0 Å². The van der Waals surface area contributed by atoms with E-state index in [4.69, 9.17) is 9.47 Å². The number of rotatable bonds is 7. The molecule has 2 heterocycles. The molecule has 0 aliphatic carbocycles. The van der Waals surface area contributed by atoms with Gasteiger partial charge < -0.3 is 19.7 Å². The third-order valence-electron chi connectivity index (χ3n) is 5.85. The lowest BCUT2D eigenvalue weighted by atomic mass is 9.97.